The average molecular weight is 643 g/mol. The van der Waals surface area contributed by atoms with Crippen molar-refractivity contribution in [2.24, 2.45) is 5.10 Å². The van der Waals surface area contributed by atoms with Crippen molar-refractivity contribution >= 4 is 61.3 Å². The van der Waals surface area contributed by atoms with Gasteiger partial charge in [-0.2, -0.15) is 5.10 Å². The van der Waals surface area contributed by atoms with Gasteiger partial charge in [-0.3, -0.25) is 9.52 Å². The van der Waals surface area contributed by atoms with E-state index in [9.17, 15) is 18.0 Å². The Morgan fingerprint density at radius 2 is 1.55 bits per heavy atom. The minimum absolute atomic E-state index is 0.0506. The predicted octanol–water partition coefficient (Wildman–Crippen LogP) is 5.90. The fourth-order valence-corrected chi connectivity index (χ4v) is 4.90. The van der Waals surface area contributed by atoms with Crippen molar-refractivity contribution < 1.29 is 27.5 Å². The molecule has 4 rings (SSSR count). The van der Waals surface area contributed by atoms with Crippen molar-refractivity contribution in [2.45, 2.75) is 4.90 Å². The molecule has 0 aliphatic rings. The van der Waals surface area contributed by atoms with Gasteiger partial charge in [0.1, 0.15) is 11.5 Å². The first-order valence-electron chi connectivity index (χ1n) is 11.5. The van der Waals surface area contributed by atoms with Gasteiger partial charge in [-0.25, -0.2) is 18.6 Å². The third-order valence-electron chi connectivity index (χ3n) is 5.39. The molecule has 40 heavy (non-hydrogen) atoms. The van der Waals surface area contributed by atoms with Gasteiger partial charge in [0.15, 0.2) is 0 Å². The third kappa shape index (κ3) is 7.47. The summed E-state index contributed by atoms with van der Waals surface area (Å²) in [6.45, 7) is 0. The van der Waals surface area contributed by atoms with E-state index in [1.165, 1.54) is 61.9 Å². The molecule has 0 aliphatic heterocycles. The number of amides is 1. The van der Waals surface area contributed by atoms with Crippen molar-refractivity contribution in [3.8, 4) is 11.5 Å². The number of sulfonamides is 1. The Hall–Kier alpha value is -4.19. The summed E-state index contributed by atoms with van der Waals surface area (Å²) in [7, 11) is -2.29. The second kappa shape index (κ2) is 12.8. The zero-order chi connectivity index (χ0) is 28.7. The van der Waals surface area contributed by atoms with E-state index < -0.39 is 21.9 Å². The normalized spacial score (nSPS) is 11.2. The maximum atomic E-state index is 12.6. The van der Waals surface area contributed by atoms with Gasteiger partial charge in [0.25, 0.3) is 15.9 Å². The van der Waals surface area contributed by atoms with E-state index in [4.69, 9.17) is 21.1 Å². The highest BCUT2D eigenvalue weighted by molar-refractivity contribution is 9.10. The molecule has 0 saturated heterocycles. The summed E-state index contributed by atoms with van der Waals surface area (Å²) in [6.07, 6.45) is 1.34. The van der Waals surface area contributed by atoms with Crippen LogP contribution in [-0.4, -0.2) is 33.6 Å². The maximum absolute atomic E-state index is 12.6. The van der Waals surface area contributed by atoms with Crippen LogP contribution in [0.1, 0.15) is 26.3 Å². The summed E-state index contributed by atoms with van der Waals surface area (Å²) in [5.41, 5.74) is 3.68. The van der Waals surface area contributed by atoms with E-state index in [2.05, 4.69) is 31.2 Å². The molecule has 12 heteroatoms. The lowest BCUT2D eigenvalue weighted by Crippen LogP contribution is -2.18. The molecule has 0 fully saturated rings. The Kier molecular flexibility index (Phi) is 9.20. The summed E-state index contributed by atoms with van der Waals surface area (Å²) in [5.74, 6) is -0.262. The number of halogens is 2. The van der Waals surface area contributed by atoms with Crippen LogP contribution in [0.3, 0.4) is 0 Å². The Morgan fingerprint density at radius 3 is 2.20 bits per heavy atom. The molecule has 4 aromatic carbocycles. The van der Waals surface area contributed by atoms with Gasteiger partial charge in [-0.15, -0.1) is 0 Å². The number of nitrogens with zero attached hydrogens (tertiary/aromatic N) is 1. The van der Waals surface area contributed by atoms with Crippen LogP contribution in [0.25, 0.3) is 0 Å². The fourth-order valence-electron chi connectivity index (χ4n) is 3.34. The summed E-state index contributed by atoms with van der Waals surface area (Å²) >= 11 is 9.19. The van der Waals surface area contributed by atoms with E-state index in [1.54, 1.807) is 42.5 Å². The van der Waals surface area contributed by atoms with Crippen LogP contribution in [-0.2, 0) is 10.0 Å². The van der Waals surface area contributed by atoms with E-state index in [0.717, 1.165) is 0 Å². The number of carbonyl (C=O) groups excluding carboxylic acids is 2. The van der Waals surface area contributed by atoms with Crippen molar-refractivity contribution in [3.63, 3.8) is 0 Å². The second-order valence-electron chi connectivity index (χ2n) is 8.14. The molecule has 4 aromatic rings. The van der Waals surface area contributed by atoms with Gasteiger partial charge in [-0.1, -0.05) is 27.5 Å². The molecule has 0 unspecified atom stereocenters. The van der Waals surface area contributed by atoms with Gasteiger partial charge in [-0.05, 0) is 91.0 Å². The van der Waals surface area contributed by atoms with Gasteiger partial charge in [0.2, 0.25) is 0 Å². The van der Waals surface area contributed by atoms with Crippen LogP contribution in [0.2, 0.25) is 5.02 Å². The molecule has 0 bridgehead atoms. The fraction of sp³-hybridized carbons (Fsp3) is 0.0357. The monoisotopic (exact) mass is 641 g/mol. The number of hydrogen-bond donors (Lipinski definition) is 2. The number of anilines is 1. The molecule has 0 saturated carbocycles. The number of nitrogens with one attached hydrogen (secondary N) is 2. The largest absolute Gasteiger partial charge is 0.497 e. The Balaban J connectivity index is 1.40. The minimum Gasteiger partial charge on any atom is -0.497 e. The van der Waals surface area contributed by atoms with Crippen molar-refractivity contribution in [2.75, 3.05) is 11.8 Å². The topological polar surface area (TPSA) is 123 Å². The van der Waals surface area contributed by atoms with Gasteiger partial charge >= 0.3 is 5.97 Å². The highest BCUT2D eigenvalue weighted by Gasteiger charge is 2.15. The van der Waals surface area contributed by atoms with Crippen molar-refractivity contribution in [1.29, 1.82) is 0 Å². The lowest BCUT2D eigenvalue weighted by atomic mass is 10.2. The third-order valence-corrected chi connectivity index (χ3v) is 7.54. The molecule has 0 atom stereocenters. The molecule has 204 valence electrons. The summed E-state index contributed by atoms with van der Waals surface area (Å²) in [6, 6.07) is 23.0. The lowest BCUT2D eigenvalue weighted by Gasteiger charge is -2.09. The Bertz CT molecular complexity index is 1660. The van der Waals surface area contributed by atoms with Crippen LogP contribution in [0.4, 0.5) is 5.69 Å². The SMILES string of the molecule is COc1ccc(C(=O)Oc2ccc(Br)cc2/C=N\NC(=O)c2ccc(NS(=O)(=O)c3ccc(Cl)cc3)cc2)cc1. The highest BCUT2D eigenvalue weighted by atomic mass is 79.9. The molecule has 0 spiro atoms. The van der Waals surface area contributed by atoms with E-state index in [0.29, 0.717) is 26.4 Å². The number of hydrazone groups is 1. The van der Waals surface area contributed by atoms with Crippen LogP contribution >= 0.6 is 27.5 Å². The first-order chi connectivity index (χ1) is 19.1. The maximum Gasteiger partial charge on any atom is 0.343 e. The van der Waals surface area contributed by atoms with E-state index in [-0.39, 0.29) is 21.9 Å². The van der Waals surface area contributed by atoms with Crippen molar-refractivity contribution in [1.82, 2.24) is 5.43 Å². The quantitative estimate of drug-likeness (QED) is 0.102. The molecule has 0 radical (unpaired) electrons. The van der Waals surface area contributed by atoms with E-state index >= 15 is 0 Å². The molecule has 2 N–H and O–H groups in total. The van der Waals surface area contributed by atoms with Crippen LogP contribution in [0.15, 0.2) is 105 Å². The lowest BCUT2D eigenvalue weighted by molar-refractivity contribution is 0.0734. The van der Waals surface area contributed by atoms with E-state index in [1.807, 2.05) is 0 Å². The average Bonchev–Trinajstić information content (AvgIpc) is 2.94. The first kappa shape index (κ1) is 28.8. The number of hydrogen-bond acceptors (Lipinski definition) is 7. The highest BCUT2D eigenvalue weighted by Crippen LogP contribution is 2.24. The zero-order valence-corrected chi connectivity index (χ0v) is 24.0. The molecular formula is C28H21BrClN3O6S. The van der Waals surface area contributed by atoms with Crippen LogP contribution in [0, 0.1) is 0 Å². The minimum atomic E-state index is -3.82. The predicted molar refractivity (Wildman–Crippen MR) is 156 cm³/mol. The van der Waals surface area contributed by atoms with Gasteiger partial charge in [0, 0.05) is 26.3 Å². The number of methoxy groups -OCH3 is 1. The Morgan fingerprint density at radius 1 is 0.900 bits per heavy atom. The second-order valence-corrected chi connectivity index (χ2v) is 11.2. The standard InChI is InChI=1S/C28H21BrClN3O6S/c1-38-24-11-4-19(5-12-24)28(35)39-26-15-6-21(29)16-20(26)17-31-32-27(34)18-2-9-23(10-3-18)33-40(36,37)25-13-7-22(30)8-14-25/h2-17,33H,1H3,(H,32,34)/b31-17-. The zero-order valence-electron chi connectivity index (χ0n) is 20.8. The van der Waals surface area contributed by atoms with Crippen LogP contribution in [0.5, 0.6) is 11.5 Å². The van der Waals surface area contributed by atoms with Crippen molar-refractivity contribution in [3.05, 3.63) is 117 Å². The summed E-state index contributed by atoms with van der Waals surface area (Å²) in [4.78, 5) is 25.2. The van der Waals surface area contributed by atoms with Crippen LogP contribution < -0.4 is 19.6 Å². The molecule has 1 amide bonds. The molecular weight excluding hydrogens is 622 g/mol. The van der Waals surface area contributed by atoms with Gasteiger partial charge < -0.3 is 9.47 Å². The smallest absolute Gasteiger partial charge is 0.343 e. The molecule has 0 aliphatic carbocycles. The number of ether oxygens (including phenoxy) is 2. The molecule has 0 heterocycles. The Labute approximate surface area is 244 Å². The number of rotatable bonds is 9. The summed E-state index contributed by atoms with van der Waals surface area (Å²) < 4.78 is 38.9. The molecule has 0 aromatic heterocycles. The number of carbonyl (C=O) groups is 2. The van der Waals surface area contributed by atoms with Gasteiger partial charge in [0.05, 0.1) is 23.8 Å². The first-order valence-corrected chi connectivity index (χ1v) is 14.2. The number of esters is 1. The molecule has 9 nitrogen and oxygen atoms in total. The summed E-state index contributed by atoms with van der Waals surface area (Å²) in [5, 5.41) is 4.39. The number of benzene rings is 4.